The van der Waals surface area contributed by atoms with Crippen molar-refractivity contribution in [2.45, 2.75) is 13.0 Å². The lowest BCUT2D eigenvalue weighted by Crippen LogP contribution is -2.32. The van der Waals surface area contributed by atoms with E-state index in [0.717, 1.165) is 10.3 Å². The summed E-state index contributed by atoms with van der Waals surface area (Å²) in [5.74, 6) is -0.683. The van der Waals surface area contributed by atoms with Crippen LogP contribution in [-0.4, -0.2) is 41.3 Å². The van der Waals surface area contributed by atoms with Crippen LogP contribution in [0, 0.1) is 0 Å². The summed E-state index contributed by atoms with van der Waals surface area (Å²) in [5.41, 5.74) is 1.92. The van der Waals surface area contributed by atoms with E-state index in [2.05, 4.69) is 4.98 Å². The predicted octanol–water partition coefficient (Wildman–Crippen LogP) is 3.63. The first-order valence-corrected chi connectivity index (χ1v) is 9.59. The van der Waals surface area contributed by atoms with Crippen LogP contribution in [0.1, 0.15) is 32.7 Å². The first kappa shape index (κ1) is 19.8. The number of pyridine rings is 1. The lowest BCUT2D eigenvalue weighted by atomic mass is 10.1. The largest absolute Gasteiger partial charge is 0.497 e. The Morgan fingerprint density at radius 2 is 1.77 bits per heavy atom. The van der Waals surface area contributed by atoms with Gasteiger partial charge < -0.3 is 9.47 Å². The number of halogens is 1. The molecule has 30 heavy (non-hydrogen) atoms. The molecule has 2 heterocycles. The number of methoxy groups -OCH3 is 1. The van der Waals surface area contributed by atoms with Crippen LogP contribution in [0.4, 0.5) is 0 Å². The minimum atomic E-state index is -0.544. The SMILES string of the molecule is COc1ccc2cc(COC(=O)CCN3C(=O)c4ccccc4C3=O)c(Cl)nc2c1. The van der Waals surface area contributed by atoms with Crippen molar-refractivity contribution in [3.63, 3.8) is 0 Å². The van der Waals surface area contributed by atoms with E-state index in [0.29, 0.717) is 28.0 Å². The van der Waals surface area contributed by atoms with Crippen LogP contribution in [0.15, 0.2) is 48.5 Å². The Morgan fingerprint density at radius 1 is 1.07 bits per heavy atom. The zero-order valence-electron chi connectivity index (χ0n) is 16.1. The number of hydrogen-bond acceptors (Lipinski definition) is 6. The highest BCUT2D eigenvalue weighted by Crippen LogP contribution is 2.25. The van der Waals surface area contributed by atoms with Gasteiger partial charge in [0.25, 0.3) is 11.8 Å². The molecule has 1 aliphatic heterocycles. The fourth-order valence-corrected chi connectivity index (χ4v) is 3.47. The topological polar surface area (TPSA) is 85.8 Å². The van der Waals surface area contributed by atoms with Crippen molar-refractivity contribution in [2.24, 2.45) is 0 Å². The Kier molecular flexibility index (Phi) is 5.37. The number of nitrogens with zero attached hydrogens (tertiary/aromatic N) is 2. The van der Waals surface area contributed by atoms with Crippen molar-refractivity contribution in [3.05, 3.63) is 70.4 Å². The van der Waals surface area contributed by atoms with Gasteiger partial charge in [0.2, 0.25) is 0 Å². The Bertz CT molecular complexity index is 1140. The molecule has 0 spiro atoms. The number of imide groups is 1. The summed E-state index contributed by atoms with van der Waals surface area (Å²) in [6.45, 7) is -0.108. The zero-order chi connectivity index (χ0) is 21.3. The van der Waals surface area contributed by atoms with E-state index in [1.165, 1.54) is 0 Å². The van der Waals surface area contributed by atoms with Crippen LogP contribution < -0.4 is 4.74 Å². The average molecular weight is 425 g/mol. The van der Waals surface area contributed by atoms with Gasteiger partial charge in [0, 0.05) is 23.6 Å². The maximum Gasteiger partial charge on any atom is 0.307 e. The molecule has 0 radical (unpaired) electrons. The Balaban J connectivity index is 1.37. The Labute approximate surface area is 177 Å². The predicted molar refractivity (Wildman–Crippen MR) is 110 cm³/mol. The van der Waals surface area contributed by atoms with Crippen LogP contribution in [0.2, 0.25) is 5.15 Å². The van der Waals surface area contributed by atoms with E-state index in [4.69, 9.17) is 21.1 Å². The number of aromatic nitrogens is 1. The number of carbonyl (C=O) groups excluding carboxylic acids is 3. The van der Waals surface area contributed by atoms with Crippen LogP contribution in [0.25, 0.3) is 10.9 Å². The van der Waals surface area contributed by atoms with Gasteiger partial charge in [-0.2, -0.15) is 0 Å². The monoisotopic (exact) mass is 424 g/mol. The summed E-state index contributed by atoms with van der Waals surface area (Å²) < 4.78 is 10.4. The zero-order valence-corrected chi connectivity index (χ0v) is 16.8. The molecule has 1 aliphatic rings. The molecule has 0 fully saturated rings. The van der Waals surface area contributed by atoms with E-state index in [9.17, 15) is 14.4 Å². The molecule has 1 aromatic heterocycles. The fourth-order valence-electron chi connectivity index (χ4n) is 3.27. The molecule has 0 unspecified atom stereocenters. The minimum absolute atomic E-state index is 0.0469. The van der Waals surface area contributed by atoms with E-state index < -0.39 is 17.8 Å². The van der Waals surface area contributed by atoms with Crippen molar-refractivity contribution < 1.29 is 23.9 Å². The quantitative estimate of drug-likeness (QED) is 0.341. The molecule has 0 saturated carbocycles. The molecular weight excluding hydrogens is 408 g/mol. The molecular formula is C22H17ClN2O5. The van der Waals surface area contributed by atoms with E-state index >= 15 is 0 Å². The van der Waals surface area contributed by atoms with E-state index in [1.807, 2.05) is 6.07 Å². The van der Waals surface area contributed by atoms with Crippen LogP contribution >= 0.6 is 11.6 Å². The third-order valence-corrected chi connectivity index (χ3v) is 5.18. The Hall–Kier alpha value is -3.45. The summed E-state index contributed by atoms with van der Waals surface area (Å²) in [6.07, 6.45) is -0.110. The molecule has 0 aliphatic carbocycles. The first-order chi connectivity index (χ1) is 14.5. The molecule has 0 saturated heterocycles. The third kappa shape index (κ3) is 3.71. The summed E-state index contributed by atoms with van der Waals surface area (Å²) >= 11 is 6.21. The van der Waals surface area contributed by atoms with Crippen LogP contribution in [0.3, 0.4) is 0 Å². The molecule has 2 aromatic carbocycles. The fraction of sp³-hybridized carbons (Fsp3) is 0.182. The molecule has 7 nitrogen and oxygen atoms in total. The molecule has 4 rings (SSSR count). The van der Waals surface area contributed by atoms with Gasteiger partial charge in [-0.3, -0.25) is 19.3 Å². The van der Waals surface area contributed by atoms with Gasteiger partial charge in [-0.1, -0.05) is 23.7 Å². The van der Waals surface area contributed by atoms with Gasteiger partial charge in [0.05, 0.1) is 30.2 Å². The van der Waals surface area contributed by atoms with E-state index in [-0.39, 0.29) is 24.7 Å². The third-order valence-electron chi connectivity index (χ3n) is 4.86. The lowest BCUT2D eigenvalue weighted by molar-refractivity contribution is -0.145. The normalized spacial score (nSPS) is 12.9. The summed E-state index contributed by atoms with van der Waals surface area (Å²) in [5, 5.41) is 1.06. The molecule has 0 atom stereocenters. The lowest BCUT2D eigenvalue weighted by Gasteiger charge is -2.13. The second kappa shape index (κ2) is 8.12. The molecule has 0 bridgehead atoms. The summed E-state index contributed by atoms with van der Waals surface area (Å²) in [4.78, 5) is 42.2. The number of benzene rings is 2. The summed E-state index contributed by atoms with van der Waals surface area (Å²) in [7, 11) is 1.57. The number of hydrogen-bond donors (Lipinski definition) is 0. The van der Waals surface area contributed by atoms with Crippen LogP contribution in [0.5, 0.6) is 5.75 Å². The molecule has 8 heteroatoms. The van der Waals surface area contributed by atoms with Gasteiger partial charge in [0.15, 0.2) is 0 Å². The molecule has 0 N–H and O–H groups in total. The van der Waals surface area contributed by atoms with Crippen molar-refractivity contribution >= 4 is 40.3 Å². The molecule has 2 amide bonds. The van der Waals surface area contributed by atoms with Gasteiger partial charge in [0.1, 0.15) is 17.5 Å². The van der Waals surface area contributed by atoms with E-state index in [1.54, 1.807) is 49.6 Å². The second-order valence-corrected chi connectivity index (χ2v) is 7.07. The van der Waals surface area contributed by atoms with Gasteiger partial charge >= 0.3 is 5.97 Å². The highest BCUT2D eigenvalue weighted by molar-refractivity contribution is 6.30. The smallest absolute Gasteiger partial charge is 0.307 e. The number of ether oxygens (including phenoxy) is 2. The van der Waals surface area contributed by atoms with Crippen LogP contribution in [-0.2, 0) is 16.1 Å². The maximum absolute atomic E-state index is 12.3. The Morgan fingerprint density at radius 3 is 2.43 bits per heavy atom. The van der Waals surface area contributed by atoms with Gasteiger partial charge in [-0.05, 0) is 30.3 Å². The van der Waals surface area contributed by atoms with Crippen molar-refractivity contribution in [3.8, 4) is 5.75 Å². The van der Waals surface area contributed by atoms with Gasteiger partial charge in [-0.25, -0.2) is 4.98 Å². The standard InChI is InChI=1S/C22H17ClN2O5/c1-29-15-7-6-13-10-14(20(23)24-18(13)11-15)12-30-19(26)8-9-25-21(27)16-4-2-3-5-17(16)22(25)28/h2-7,10-11H,8-9,12H2,1H3. The average Bonchev–Trinajstić information content (AvgIpc) is 3.00. The van der Waals surface area contributed by atoms with Crippen molar-refractivity contribution in [1.82, 2.24) is 9.88 Å². The second-order valence-electron chi connectivity index (χ2n) is 6.72. The van der Waals surface area contributed by atoms with Gasteiger partial charge in [-0.15, -0.1) is 0 Å². The minimum Gasteiger partial charge on any atom is -0.497 e. The highest BCUT2D eigenvalue weighted by atomic mass is 35.5. The number of fused-ring (bicyclic) bond motifs is 2. The van der Waals surface area contributed by atoms with Crippen molar-refractivity contribution in [1.29, 1.82) is 0 Å². The summed E-state index contributed by atoms with van der Waals surface area (Å²) in [6, 6.07) is 13.8. The van der Waals surface area contributed by atoms with Crippen molar-refractivity contribution in [2.75, 3.05) is 13.7 Å². The highest BCUT2D eigenvalue weighted by Gasteiger charge is 2.35. The molecule has 152 valence electrons. The number of amides is 2. The number of rotatable bonds is 6. The first-order valence-electron chi connectivity index (χ1n) is 9.22. The number of esters is 1. The maximum atomic E-state index is 12.3. The molecule has 3 aromatic rings. The number of carbonyl (C=O) groups is 3.